The lowest BCUT2D eigenvalue weighted by atomic mass is 10.3. The Kier molecular flexibility index (Phi) is 4.31. The van der Waals surface area contributed by atoms with Crippen molar-refractivity contribution < 1.29 is 0 Å². The highest BCUT2D eigenvalue weighted by molar-refractivity contribution is 4.94. The molecule has 12 heavy (non-hydrogen) atoms. The van der Waals surface area contributed by atoms with Gasteiger partial charge >= 0.3 is 0 Å². The van der Waals surface area contributed by atoms with Crippen LogP contribution in [0.1, 0.15) is 19.0 Å². The number of rotatable bonds is 5. The van der Waals surface area contributed by atoms with Gasteiger partial charge in [0.15, 0.2) is 0 Å². The van der Waals surface area contributed by atoms with E-state index in [9.17, 15) is 0 Å². The highest BCUT2D eigenvalue weighted by Crippen LogP contribution is 1.89. The van der Waals surface area contributed by atoms with Crippen LogP contribution in [0.5, 0.6) is 0 Å². The summed E-state index contributed by atoms with van der Waals surface area (Å²) < 4.78 is 0. The Morgan fingerprint density at radius 1 is 1.33 bits per heavy atom. The Labute approximate surface area is 73.2 Å². The summed E-state index contributed by atoms with van der Waals surface area (Å²) in [6.45, 7) is 4.24. The second kappa shape index (κ2) is 5.66. The molecule has 1 aromatic rings. The van der Waals surface area contributed by atoms with E-state index >= 15 is 0 Å². The fourth-order valence-electron chi connectivity index (χ4n) is 0.977. The summed E-state index contributed by atoms with van der Waals surface area (Å²) in [5.74, 6) is 0. The lowest BCUT2D eigenvalue weighted by Crippen LogP contribution is -2.18. The topological polar surface area (TPSA) is 37.8 Å². The van der Waals surface area contributed by atoms with Crippen molar-refractivity contribution in [3.63, 3.8) is 0 Å². The van der Waals surface area contributed by atoms with Crippen LogP contribution in [0.4, 0.5) is 0 Å². The quantitative estimate of drug-likeness (QED) is 0.662. The van der Waals surface area contributed by atoms with Gasteiger partial charge in [-0.05, 0) is 13.0 Å². The van der Waals surface area contributed by atoms with E-state index in [0.717, 1.165) is 25.2 Å². The molecule has 1 heterocycles. The second-order valence-corrected chi connectivity index (χ2v) is 2.70. The minimum Gasteiger partial charge on any atom is -0.316 e. The van der Waals surface area contributed by atoms with E-state index in [-0.39, 0.29) is 0 Å². The molecule has 0 radical (unpaired) electrons. The van der Waals surface area contributed by atoms with Crippen LogP contribution in [0.25, 0.3) is 0 Å². The Morgan fingerprint density at radius 3 is 2.92 bits per heavy atom. The largest absolute Gasteiger partial charge is 0.316 e. The predicted octanol–water partition coefficient (Wildman–Crippen LogP) is 1.02. The third-order valence-corrected chi connectivity index (χ3v) is 1.60. The summed E-state index contributed by atoms with van der Waals surface area (Å²) >= 11 is 0. The molecule has 0 spiro atoms. The van der Waals surface area contributed by atoms with Crippen LogP contribution < -0.4 is 5.32 Å². The fraction of sp³-hybridized carbons (Fsp3) is 0.556. The number of nitrogens with one attached hydrogen (secondary N) is 1. The van der Waals surface area contributed by atoms with Gasteiger partial charge in [-0.3, -0.25) is 9.97 Å². The smallest absolute Gasteiger partial charge is 0.0599 e. The van der Waals surface area contributed by atoms with Crippen LogP contribution >= 0.6 is 0 Å². The molecule has 3 heteroatoms. The first-order valence-corrected chi connectivity index (χ1v) is 4.39. The molecule has 66 valence electrons. The summed E-state index contributed by atoms with van der Waals surface area (Å²) in [6.07, 6.45) is 7.39. The van der Waals surface area contributed by atoms with Crippen molar-refractivity contribution in [3.05, 3.63) is 24.3 Å². The predicted molar refractivity (Wildman–Crippen MR) is 48.9 cm³/mol. The molecule has 1 N–H and O–H groups in total. The molecule has 0 amide bonds. The molecular formula is C9H15N3. The highest BCUT2D eigenvalue weighted by Gasteiger charge is 1.91. The minimum absolute atomic E-state index is 0.966. The van der Waals surface area contributed by atoms with Crippen LogP contribution in [-0.2, 0) is 6.42 Å². The first-order valence-electron chi connectivity index (χ1n) is 4.39. The van der Waals surface area contributed by atoms with E-state index < -0.39 is 0 Å². The van der Waals surface area contributed by atoms with Crippen molar-refractivity contribution in [3.8, 4) is 0 Å². The maximum absolute atomic E-state index is 4.17. The lowest BCUT2D eigenvalue weighted by molar-refractivity contribution is 0.664. The average Bonchev–Trinajstić information content (AvgIpc) is 2.14. The molecule has 3 nitrogen and oxygen atoms in total. The number of hydrogen-bond acceptors (Lipinski definition) is 3. The zero-order valence-electron chi connectivity index (χ0n) is 7.45. The van der Waals surface area contributed by atoms with Crippen LogP contribution in [-0.4, -0.2) is 23.1 Å². The van der Waals surface area contributed by atoms with Crippen molar-refractivity contribution in [2.75, 3.05) is 13.1 Å². The minimum atomic E-state index is 0.966. The maximum Gasteiger partial charge on any atom is 0.0599 e. The van der Waals surface area contributed by atoms with E-state index in [0.29, 0.717) is 0 Å². The molecule has 1 aromatic heterocycles. The SMILES string of the molecule is CCCNCCc1cnccn1. The van der Waals surface area contributed by atoms with Gasteiger partial charge in [-0.15, -0.1) is 0 Å². The van der Waals surface area contributed by atoms with Gasteiger partial charge in [0.2, 0.25) is 0 Å². The highest BCUT2D eigenvalue weighted by atomic mass is 14.9. The van der Waals surface area contributed by atoms with Gasteiger partial charge < -0.3 is 5.32 Å². The van der Waals surface area contributed by atoms with Crippen LogP contribution in [0, 0.1) is 0 Å². The monoisotopic (exact) mass is 165 g/mol. The normalized spacial score (nSPS) is 10.1. The first-order chi connectivity index (χ1) is 5.93. The van der Waals surface area contributed by atoms with Crippen LogP contribution in [0.3, 0.4) is 0 Å². The summed E-state index contributed by atoms with van der Waals surface area (Å²) in [5.41, 5.74) is 1.06. The number of hydrogen-bond donors (Lipinski definition) is 1. The van der Waals surface area contributed by atoms with Crippen molar-refractivity contribution in [2.24, 2.45) is 0 Å². The molecule has 0 aromatic carbocycles. The third-order valence-electron chi connectivity index (χ3n) is 1.60. The zero-order valence-corrected chi connectivity index (χ0v) is 7.45. The average molecular weight is 165 g/mol. The molecular weight excluding hydrogens is 150 g/mol. The summed E-state index contributed by atoms with van der Waals surface area (Å²) in [6, 6.07) is 0. The van der Waals surface area contributed by atoms with Gasteiger partial charge in [-0.2, -0.15) is 0 Å². The molecule has 0 aliphatic heterocycles. The fourth-order valence-corrected chi connectivity index (χ4v) is 0.977. The van der Waals surface area contributed by atoms with E-state index in [4.69, 9.17) is 0 Å². The second-order valence-electron chi connectivity index (χ2n) is 2.70. The van der Waals surface area contributed by atoms with Gasteiger partial charge in [0.25, 0.3) is 0 Å². The standard InChI is InChI=1S/C9H15N3/c1-2-4-10-5-3-9-8-11-6-7-12-9/h6-8,10H,2-5H2,1H3. The molecule has 0 unspecified atom stereocenters. The Bertz CT molecular complexity index is 198. The molecule has 0 bridgehead atoms. The van der Waals surface area contributed by atoms with E-state index in [2.05, 4.69) is 22.2 Å². The molecule has 0 fully saturated rings. The number of nitrogens with zero attached hydrogens (tertiary/aromatic N) is 2. The van der Waals surface area contributed by atoms with Gasteiger partial charge in [0, 0.05) is 31.6 Å². The van der Waals surface area contributed by atoms with E-state index in [1.165, 1.54) is 6.42 Å². The summed E-state index contributed by atoms with van der Waals surface area (Å²) in [4.78, 5) is 8.17. The zero-order chi connectivity index (χ0) is 8.65. The van der Waals surface area contributed by atoms with Crippen LogP contribution in [0.2, 0.25) is 0 Å². The molecule has 0 saturated carbocycles. The van der Waals surface area contributed by atoms with Gasteiger partial charge in [-0.25, -0.2) is 0 Å². The lowest BCUT2D eigenvalue weighted by Gasteiger charge is -2.00. The molecule has 0 aliphatic rings. The Morgan fingerprint density at radius 2 is 2.25 bits per heavy atom. The maximum atomic E-state index is 4.17. The van der Waals surface area contributed by atoms with E-state index in [1.54, 1.807) is 12.4 Å². The van der Waals surface area contributed by atoms with Crippen molar-refractivity contribution in [1.29, 1.82) is 0 Å². The summed E-state index contributed by atoms with van der Waals surface area (Å²) in [5, 5.41) is 3.32. The van der Waals surface area contributed by atoms with Crippen molar-refractivity contribution >= 4 is 0 Å². The molecule has 1 rings (SSSR count). The van der Waals surface area contributed by atoms with Crippen molar-refractivity contribution in [2.45, 2.75) is 19.8 Å². The number of aromatic nitrogens is 2. The van der Waals surface area contributed by atoms with Crippen LogP contribution in [0.15, 0.2) is 18.6 Å². The Balaban J connectivity index is 2.16. The summed E-state index contributed by atoms with van der Waals surface area (Å²) in [7, 11) is 0. The van der Waals surface area contributed by atoms with Gasteiger partial charge in [0.1, 0.15) is 0 Å². The first kappa shape index (κ1) is 9.13. The van der Waals surface area contributed by atoms with Gasteiger partial charge in [-0.1, -0.05) is 6.92 Å². The van der Waals surface area contributed by atoms with Gasteiger partial charge in [0.05, 0.1) is 5.69 Å². The molecule has 0 atom stereocenters. The molecule has 0 saturated heterocycles. The van der Waals surface area contributed by atoms with Crippen molar-refractivity contribution in [1.82, 2.24) is 15.3 Å². The molecule has 0 aliphatic carbocycles. The third kappa shape index (κ3) is 3.44. The van der Waals surface area contributed by atoms with E-state index in [1.807, 2.05) is 6.20 Å². The Hall–Kier alpha value is -0.960.